The maximum atomic E-state index is 12.9. The number of ether oxygens (including phenoxy) is 4. The van der Waals surface area contributed by atoms with E-state index in [4.69, 9.17) is 18.9 Å². The molecule has 1 fully saturated rings. The van der Waals surface area contributed by atoms with Crippen molar-refractivity contribution in [3.8, 4) is 28.4 Å². The monoisotopic (exact) mass is 482 g/mol. The Labute approximate surface area is 201 Å². The molecule has 3 heterocycles. The Balaban J connectivity index is 1.21. The number of benzene rings is 2. The van der Waals surface area contributed by atoms with Gasteiger partial charge in [0.05, 0.1) is 23.1 Å². The van der Waals surface area contributed by atoms with E-state index in [0.717, 1.165) is 29.2 Å². The van der Waals surface area contributed by atoms with Crippen LogP contribution in [0.2, 0.25) is 0 Å². The number of anilines is 1. The second kappa shape index (κ2) is 10.3. The third-order valence-corrected chi connectivity index (χ3v) is 6.80. The van der Waals surface area contributed by atoms with Crippen LogP contribution in [0, 0.1) is 0 Å². The van der Waals surface area contributed by atoms with Crippen LogP contribution in [0.25, 0.3) is 11.1 Å². The number of hydrogen-bond donors (Lipinski definition) is 2. The molecule has 1 amide bonds. The van der Waals surface area contributed by atoms with Gasteiger partial charge >= 0.3 is 0 Å². The number of aliphatic hydroxyl groups is 1. The van der Waals surface area contributed by atoms with Crippen molar-refractivity contribution in [2.75, 3.05) is 51.1 Å². The van der Waals surface area contributed by atoms with Crippen molar-refractivity contribution < 1.29 is 28.8 Å². The first-order valence-electron chi connectivity index (χ1n) is 11.2. The molecule has 1 aromatic heterocycles. The zero-order chi connectivity index (χ0) is 23.3. The summed E-state index contributed by atoms with van der Waals surface area (Å²) in [5.41, 5.74) is 2.10. The Kier molecular flexibility index (Phi) is 6.84. The lowest BCUT2D eigenvalue weighted by atomic mass is 10.1. The molecule has 2 aromatic carbocycles. The lowest BCUT2D eigenvalue weighted by Gasteiger charge is -2.28. The minimum absolute atomic E-state index is 0.0403. The molecule has 0 saturated carbocycles. The summed E-state index contributed by atoms with van der Waals surface area (Å²) >= 11 is 1.46. The average molecular weight is 483 g/mol. The van der Waals surface area contributed by atoms with Crippen LogP contribution >= 0.6 is 11.3 Å². The van der Waals surface area contributed by atoms with Gasteiger partial charge in [0.25, 0.3) is 5.91 Å². The van der Waals surface area contributed by atoms with Gasteiger partial charge in [-0.3, -0.25) is 4.79 Å². The molecule has 5 rings (SSSR count). The molecular formula is C25H26N2O6S. The number of morpholine rings is 1. The third-order valence-electron chi connectivity index (χ3n) is 5.60. The normalized spacial score (nSPS) is 15.7. The van der Waals surface area contributed by atoms with E-state index in [-0.39, 0.29) is 25.9 Å². The van der Waals surface area contributed by atoms with Crippen molar-refractivity contribution in [3.05, 3.63) is 59.5 Å². The summed E-state index contributed by atoms with van der Waals surface area (Å²) in [6.45, 7) is 3.23. The fraction of sp³-hybridized carbons (Fsp3) is 0.320. The van der Waals surface area contributed by atoms with E-state index in [1.165, 1.54) is 11.3 Å². The van der Waals surface area contributed by atoms with Crippen molar-refractivity contribution in [3.63, 3.8) is 0 Å². The molecule has 1 atom stereocenters. The van der Waals surface area contributed by atoms with Crippen LogP contribution in [-0.2, 0) is 4.74 Å². The third kappa shape index (κ3) is 5.11. The van der Waals surface area contributed by atoms with E-state index in [1.807, 2.05) is 36.4 Å². The van der Waals surface area contributed by atoms with E-state index in [2.05, 4.69) is 10.2 Å². The average Bonchev–Trinajstić information content (AvgIpc) is 3.54. The van der Waals surface area contributed by atoms with Gasteiger partial charge in [0.2, 0.25) is 6.79 Å². The van der Waals surface area contributed by atoms with E-state index < -0.39 is 6.10 Å². The minimum atomic E-state index is -0.860. The van der Waals surface area contributed by atoms with Crippen LogP contribution in [-0.4, -0.2) is 63.4 Å². The largest absolute Gasteiger partial charge is 0.491 e. The first-order valence-corrected chi connectivity index (χ1v) is 12.0. The summed E-state index contributed by atoms with van der Waals surface area (Å²) in [5.74, 6) is 1.63. The molecule has 2 N–H and O–H groups in total. The maximum Gasteiger partial charge on any atom is 0.261 e. The second-order valence-corrected chi connectivity index (χ2v) is 9.02. The smallest absolute Gasteiger partial charge is 0.261 e. The van der Waals surface area contributed by atoms with Crippen LogP contribution in [0.3, 0.4) is 0 Å². The predicted octanol–water partition coefficient (Wildman–Crippen LogP) is 3.15. The van der Waals surface area contributed by atoms with Gasteiger partial charge in [-0.1, -0.05) is 30.3 Å². The van der Waals surface area contributed by atoms with Crippen molar-refractivity contribution in [2.24, 2.45) is 0 Å². The number of aliphatic hydroxyl groups excluding tert-OH is 1. The van der Waals surface area contributed by atoms with Crippen molar-refractivity contribution >= 4 is 22.2 Å². The summed E-state index contributed by atoms with van der Waals surface area (Å²) in [7, 11) is 0. The van der Waals surface area contributed by atoms with Gasteiger partial charge in [-0.25, -0.2) is 0 Å². The number of rotatable bonds is 8. The first-order chi connectivity index (χ1) is 16.7. The molecule has 0 bridgehead atoms. The molecule has 0 aliphatic carbocycles. The van der Waals surface area contributed by atoms with Gasteiger partial charge in [-0.2, -0.15) is 0 Å². The Morgan fingerprint density at radius 2 is 1.88 bits per heavy atom. The molecule has 34 heavy (non-hydrogen) atoms. The summed E-state index contributed by atoms with van der Waals surface area (Å²) in [6, 6.07) is 17.2. The summed E-state index contributed by atoms with van der Waals surface area (Å²) in [5, 5.41) is 14.2. The van der Waals surface area contributed by atoms with Gasteiger partial charge in [0.15, 0.2) is 11.5 Å². The molecule has 0 spiro atoms. The number of amides is 1. The van der Waals surface area contributed by atoms with Crippen LogP contribution in [0.4, 0.5) is 5.00 Å². The van der Waals surface area contributed by atoms with Gasteiger partial charge in [-0.05, 0) is 23.8 Å². The highest BCUT2D eigenvalue weighted by Crippen LogP contribution is 2.39. The fourth-order valence-corrected chi connectivity index (χ4v) is 4.98. The van der Waals surface area contributed by atoms with Gasteiger partial charge in [0.1, 0.15) is 18.5 Å². The zero-order valence-corrected chi connectivity index (χ0v) is 19.4. The van der Waals surface area contributed by atoms with Gasteiger partial charge in [-0.15, -0.1) is 11.3 Å². The topological polar surface area (TPSA) is 89.5 Å². The molecule has 1 unspecified atom stereocenters. The van der Waals surface area contributed by atoms with Crippen LogP contribution < -0.4 is 24.4 Å². The number of thiophene rings is 1. The molecule has 178 valence electrons. The van der Waals surface area contributed by atoms with E-state index in [1.54, 1.807) is 18.2 Å². The Morgan fingerprint density at radius 1 is 1.09 bits per heavy atom. The van der Waals surface area contributed by atoms with Gasteiger partial charge < -0.3 is 34.3 Å². The molecule has 1 saturated heterocycles. The predicted molar refractivity (Wildman–Crippen MR) is 129 cm³/mol. The fourth-order valence-electron chi connectivity index (χ4n) is 3.83. The highest BCUT2D eigenvalue weighted by molar-refractivity contribution is 7.18. The van der Waals surface area contributed by atoms with E-state index >= 15 is 0 Å². The van der Waals surface area contributed by atoms with Crippen molar-refractivity contribution in [1.29, 1.82) is 0 Å². The van der Waals surface area contributed by atoms with Crippen LogP contribution in [0.1, 0.15) is 9.67 Å². The standard InChI is InChI=1S/C25H26N2O6S/c28-18(15-31-19-6-7-21-22(12-19)33-16-32-21)14-26-24(29)23-13-20(17-4-2-1-3-5-17)25(34-23)27-8-10-30-11-9-27/h1-7,12-13,18,28H,8-11,14-16H2,(H,26,29). The van der Waals surface area contributed by atoms with Gasteiger partial charge in [0, 0.05) is 31.3 Å². The minimum Gasteiger partial charge on any atom is -0.491 e. The Hall–Kier alpha value is -3.27. The summed E-state index contributed by atoms with van der Waals surface area (Å²) in [6.07, 6.45) is -0.860. The number of nitrogens with zero attached hydrogens (tertiary/aromatic N) is 1. The SMILES string of the molecule is O=C(NCC(O)COc1ccc2c(c1)OCO2)c1cc(-c2ccccc2)c(N2CCOCC2)s1. The number of fused-ring (bicyclic) bond motifs is 1. The molecule has 3 aromatic rings. The lowest BCUT2D eigenvalue weighted by Crippen LogP contribution is -2.36. The number of carbonyl (C=O) groups excluding carboxylic acids is 1. The first kappa shape index (κ1) is 22.5. The Bertz CT molecular complexity index is 1130. The highest BCUT2D eigenvalue weighted by Gasteiger charge is 2.22. The molecule has 0 radical (unpaired) electrons. The maximum absolute atomic E-state index is 12.9. The molecule has 2 aliphatic rings. The second-order valence-electron chi connectivity index (χ2n) is 7.98. The quantitative estimate of drug-likeness (QED) is 0.510. The summed E-state index contributed by atoms with van der Waals surface area (Å²) in [4.78, 5) is 15.8. The van der Waals surface area contributed by atoms with Crippen LogP contribution in [0.15, 0.2) is 54.6 Å². The van der Waals surface area contributed by atoms with Crippen LogP contribution in [0.5, 0.6) is 17.2 Å². The van der Waals surface area contributed by atoms with Crippen molar-refractivity contribution in [1.82, 2.24) is 5.32 Å². The zero-order valence-electron chi connectivity index (χ0n) is 18.6. The molecule has 2 aliphatic heterocycles. The van der Waals surface area contributed by atoms with Crippen molar-refractivity contribution in [2.45, 2.75) is 6.10 Å². The Morgan fingerprint density at radius 3 is 2.71 bits per heavy atom. The molecule has 9 heteroatoms. The number of carbonyl (C=O) groups is 1. The molecule has 8 nitrogen and oxygen atoms in total. The number of nitrogens with one attached hydrogen (secondary N) is 1. The van der Waals surface area contributed by atoms with E-state index in [9.17, 15) is 9.90 Å². The number of hydrogen-bond acceptors (Lipinski definition) is 8. The molecular weight excluding hydrogens is 456 g/mol. The highest BCUT2D eigenvalue weighted by atomic mass is 32.1. The summed E-state index contributed by atoms with van der Waals surface area (Å²) < 4.78 is 21.7. The van der Waals surface area contributed by atoms with E-state index in [0.29, 0.717) is 35.3 Å². The lowest BCUT2D eigenvalue weighted by molar-refractivity contribution is 0.0846.